The zero-order chi connectivity index (χ0) is 20.7. The Bertz CT molecular complexity index is 804. The highest BCUT2D eigenvalue weighted by Crippen LogP contribution is 2.22. The van der Waals surface area contributed by atoms with Crippen LogP contribution in [0.1, 0.15) is 37.9 Å². The predicted molar refractivity (Wildman–Crippen MR) is 110 cm³/mol. The van der Waals surface area contributed by atoms with Crippen LogP contribution in [0.15, 0.2) is 48.5 Å². The van der Waals surface area contributed by atoms with Crippen LogP contribution in [-0.4, -0.2) is 41.9 Å². The van der Waals surface area contributed by atoms with Gasteiger partial charge in [-0.25, -0.2) is 9.18 Å². The second-order valence-corrected chi connectivity index (χ2v) is 6.68. The summed E-state index contributed by atoms with van der Waals surface area (Å²) >= 11 is 0. The number of nitrogens with zero attached hydrogens (tertiary/aromatic N) is 2. The maximum Gasteiger partial charge on any atom is 0.322 e. The number of carbonyl (C=O) groups excluding carboxylic acids is 2. The van der Waals surface area contributed by atoms with E-state index in [-0.39, 0.29) is 17.8 Å². The molecule has 5 nitrogen and oxygen atoms in total. The Balaban J connectivity index is 1.98. The van der Waals surface area contributed by atoms with Gasteiger partial charge in [-0.05, 0) is 44.5 Å². The fraction of sp³-hybridized carbons (Fsp3) is 0.364. The van der Waals surface area contributed by atoms with Crippen LogP contribution in [-0.2, 0) is 11.2 Å². The standard InChI is InChI=1S/C22H28FN3O2/c1-5-26(6-2)21(27)15-17-11-13-18(14-12-17)24-22(28)25(4)16(3)19-9-7-8-10-20(19)23/h7-14,16H,5-6,15H2,1-4H3,(H,24,28). The van der Waals surface area contributed by atoms with Crippen molar-refractivity contribution in [3.8, 4) is 0 Å². The Hall–Kier alpha value is -2.89. The van der Waals surface area contributed by atoms with Gasteiger partial charge in [0.2, 0.25) is 5.91 Å². The van der Waals surface area contributed by atoms with E-state index in [4.69, 9.17) is 0 Å². The first-order chi connectivity index (χ1) is 13.4. The minimum absolute atomic E-state index is 0.0835. The Morgan fingerprint density at radius 3 is 2.21 bits per heavy atom. The van der Waals surface area contributed by atoms with Gasteiger partial charge >= 0.3 is 6.03 Å². The fourth-order valence-corrected chi connectivity index (χ4v) is 2.98. The third-order valence-electron chi connectivity index (χ3n) is 4.93. The minimum Gasteiger partial charge on any atom is -0.343 e. The highest BCUT2D eigenvalue weighted by molar-refractivity contribution is 5.89. The van der Waals surface area contributed by atoms with Crippen LogP contribution in [0.2, 0.25) is 0 Å². The van der Waals surface area contributed by atoms with Crippen molar-refractivity contribution >= 4 is 17.6 Å². The number of likely N-dealkylation sites (N-methyl/N-ethyl adjacent to an activating group) is 1. The number of carbonyl (C=O) groups is 2. The molecule has 0 saturated carbocycles. The average molecular weight is 385 g/mol. The molecule has 0 aliphatic heterocycles. The van der Waals surface area contributed by atoms with Gasteiger partial charge in [-0.1, -0.05) is 30.3 Å². The summed E-state index contributed by atoms with van der Waals surface area (Å²) in [6.45, 7) is 7.07. The Labute approximate surface area is 166 Å². The molecule has 150 valence electrons. The molecule has 0 aromatic heterocycles. The second kappa shape index (κ2) is 9.88. The number of halogens is 1. The van der Waals surface area contributed by atoms with E-state index in [0.717, 1.165) is 5.56 Å². The summed E-state index contributed by atoms with van der Waals surface area (Å²) < 4.78 is 14.0. The largest absolute Gasteiger partial charge is 0.343 e. The fourth-order valence-electron chi connectivity index (χ4n) is 2.98. The molecule has 2 aromatic carbocycles. The van der Waals surface area contributed by atoms with Crippen LogP contribution < -0.4 is 5.32 Å². The van der Waals surface area contributed by atoms with Gasteiger partial charge in [-0.2, -0.15) is 0 Å². The lowest BCUT2D eigenvalue weighted by Gasteiger charge is -2.26. The highest BCUT2D eigenvalue weighted by atomic mass is 19.1. The van der Waals surface area contributed by atoms with E-state index in [1.165, 1.54) is 11.0 Å². The summed E-state index contributed by atoms with van der Waals surface area (Å²) in [5, 5.41) is 2.81. The van der Waals surface area contributed by atoms with Gasteiger partial charge in [0, 0.05) is 31.4 Å². The normalized spacial score (nSPS) is 11.6. The summed E-state index contributed by atoms with van der Waals surface area (Å²) in [5.74, 6) is -0.253. The molecular weight excluding hydrogens is 357 g/mol. The molecule has 0 saturated heterocycles. The molecule has 28 heavy (non-hydrogen) atoms. The zero-order valence-corrected chi connectivity index (χ0v) is 16.9. The number of anilines is 1. The number of rotatable bonds is 7. The summed E-state index contributed by atoms with van der Waals surface area (Å²) in [4.78, 5) is 27.9. The highest BCUT2D eigenvalue weighted by Gasteiger charge is 2.20. The van der Waals surface area contributed by atoms with Crippen molar-refractivity contribution < 1.29 is 14.0 Å². The Kier molecular flexibility index (Phi) is 7.55. The van der Waals surface area contributed by atoms with E-state index in [0.29, 0.717) is 30.8 Å². The molecule has 1 N–H and O–H groups in total. The van der Waals surface area contributed by atoms with E-state index in [1.54, 1.807) is 49.2 Å². The number of hydrogen-bond acceptors (Lipinski definition) is 2. The first-order valence-corrected chi connectivity index (χ1v) is 9.52. The SMILES string of the molecule is CCN(CC)C(=O)Cc1ccc(NC(=O)N(C)C(C)c2ccccc2F)cc1. The van der Waals surface area contributed by atoms with Crippen LogP contribution >= 0.6 is 0 Å². The third-order valence-corrected chi connectivity index (χ3v) is 4.93. The van der Waals surface area contributed by atoms with Gasteiger partial charge in [0.05, 0.1) is 12.5 Å². The lowest BCUT2D eigenvalue weighted by molar-refractivity contribution is -0.130. The van der Waals surface area contributed by atoms with E-state index in [2.05, 4.69) is 5.32 Å². The molecule has 1 unspecified atom stereocenters. The Morgan fingerprint density at radius 2 is 1.64 bits per heavy atom. The van der Waals surface area contributed by atoms with Gasteiger partial charge < -0.3 is 15.1 Å². The molecule has 0 fully saturated rings. The van der Waals surface area contributed by atoms with E-state index >= 15 is 0 Å². The lowest BCUT2D eigenvalue weighted by Crippen LogP contribution is -2.34. The summed E-state index contributed by atoms with van der Waals surface area (Å²) in [5.41, 5.74) is 1.98. The molecule has 6 heteroatoms. The maximum absolute atomic E-state index is 14.0. The summed E-state index contributed by atoms with van der Waals surface area (Å²) in [7, 11) is 1.63. The molecule has 0 aliphatic carbocycles. The third kappa shape index (κ3) is 5.31. The molecule has 0 radical (unpaired) electrons. The summed E-state index contributed by atoms with van der Waals surface area (Å²) in [6, 6.07) is 12.9. The number of urea groups is 1. The molecule has 0 spiro atoms. The molecule has 3 amide bonds. The predicted octanol–water partition coefficient (Wildman–Crippen LogP) is 4.46. The first-order valence-electron chi connectivity index (χ1n) is 9.52. The van der Waals surface area contributed by atoms with Crippen molar-refractivity contribution in [1.82, 2.24) is 9.80 Å². The topological polar surface area (TPSA) is 52.7 Å². The van der Waals surface area contributed by atoms with Crippen LogP contribution in [0.25, 0.3) is 0 Å². The average Bonchev–Trinajstić information content (AvgIpc) is 2.69. The molecule has 1 atom stereocenters. The van der Waals surface area contributed by atoms with Crippen LogP contribution in [0.5, 0.6) is 0 Å². The van der Waals surface area contributed by atoms with Crippen LogP contribution in [0.4, 0.5) is 14.9 Å². The van der Waals surface area contributed by atoms with Gasteiger partial charge in [-0.15, -0.1) is 0 Å². The van der Waals surface area contributed by atoms with Crippen molar-refractivity contribution in [3.63, 3.8) is 0 Å². The molecule has 2 aromatic rings. The minimum atomic E-state index is -0.410. The zero-order valence-electron chi connectivity index (χ0n) is 16.9. The molecular formula is C22H28FN3O2. The van der Waals surface area contributed by atoms with Crippen molar-refractivity contribution in [2.45, 2.75) is 33.2 Å². The van der Waals surface area contributed by atoms with Crippen molar-refractivity contribution in [3.05, 3.63) is 65.5 Å². The molecule has 0 heterocycles. The quantitative estimate of drug-likeness (QED) is 0.765. The number of nitrogens with one attached hydrogen (secondary N) is 1. The van der Waals surface area contributed by atoms with E-state index < -0.39 is 6.04 Å². The Morgan fingerprint density at radius 1 is 1.04 bits per heavy atom. The van der Waals surface area contributed by atoms with Gasteiger partial charge in [0.15, 0.2) is 0 Å². The van der Waals surface area contributed by atoms with Gasteiger partial charge in [-0.3, -0.25) is 4.79 Å². The monoisotopic (exact) mass is 385 g/mol. The number of benzene rings is 2. The van der Waals surface area contributed by atoms with Gasteiger partial charge in [0.1, 0.15) is 5.82 Å². The lowest BCUT2D eigenvalue weighted by atomic mass is 10.1. The van der Waals surface area contributed by atoms with Crippen LogP contribution in [0.3, 0.4) is 0 Å². The summed E-state index contributed by atoms with van der Waals surface area (Å²) in [6.07, 6.45) is 0.333. The number of amides is 3. The van der Waals surface area contributed by atoms with Crippen molar-refractivity contribution in [1.29, 1.82) is 0 Å². The second-order valence-electron chi connectivity index (χ2n) is 6.68. The maximum atomic E-state index is 14.0. The van der Waals surface area contributed by atoms with Crippen LogP contribution in [0, 0.1) is 5.82 Å². The van der Waals surface area contributed by atoms with Crippen molar-refractivity contribution in [2.24, 2.45) is 0 Å². The molecule has 0 aliphatic rings. The molecule has 2 rings (SSSR count). The van der Waals surface area contributed by atoms with E-state index in [1.807, 2.05) is 26.0 Å². The van der Waals surface area contributed by atoms with Gasteiger partial charge in [0.25, 0.3) is 0 Å². The number of hydrogen-bond donors (Lipinski definition) is 1. The molecule has 0 bridgehead atoms. The van der Waals surface area contributed by atoms with Crippen molar-refractivity contribution in [2.75, 3.05) is 25.5 Å². The van der Waals surface area contributed by atoms with E-state index in [9.17, 15) is 14.0 Å². The smallest absolute Gasteiger partial charge is 0.322 e. The first kappa shape index (κ1) is 21.4.